The van der Waals surface area contributed by atoms with E-state index in [2.05, 4.69) is 29.5 Å². The molecule has 4 nitrogen and oxygen atoms in total. The second-order valence-corrected chi connectivity index (χ2v) is 7.87. The Kier molecular flexibility index (Phi) is 6.06. The fourth-order valence-electron chi connectivity index (χ4n) is 3.03. The van der Waals surface area contributed by atoms with Crippen molar-refractivity contribution in [3.05, 3.63) is 53.3 Å². The molecule has 2 aromatic rings. The van der Waals surface area contributed by atoms with Crippen LogP contribution in [0.25, 0.3) is 0 Å². The zero-order valence-electron chi connectivity index (χ0n) is 14.9. The third-order valence-corrected chi connectivity index (χ3v) is 6.18. The van der Waals surface area contributed by atoms with Gasteiger partial charge < -0.3 is 10.6 Å². The summed E-state index contributed by atoms with van der Waals surface area (Å²) in [6.45, 7) is 5.26. The highest BCUT2D eigenvalue weighted by Crippen LogP contribution is 2.33. The summed E-state index contributed by atoms with van der Waals surface area (Å²) >= 11 is 1.62. The summed E-state index contributed by atoms with van der Waals surface area (Å²) in [6.07, 6.45) is 1.00. The Balaban J connectivity index is 1.73. The van der Waals surface area contributed by atoms with Gasteiger partial charge in [0.2, 0.25) is 0 Å². The quantitative estimate of drug-likeness (QED) is 0.814. The monoisotopic (exact) mass is 395 g/mol. The van der Waals surface area contributed by atoms with Crippen molar-refractivity contribution < 1.29 is 18.0 Å². The lowest BCUT2D eigenvalue weighted by Crippen LogP contribution is -2.44. The molecule has 8 heteroatoms. The van der Waals surface area contributed by atoms with Crippen molar-refractivity contribution in [2.24, 2.45) is 5.92 Å². The molecule has 2 N–H and O–H groups in total. The first-order valence-electron chi connectivity index (χ1n) is 8.68. The molecule has 1 amide bonds. The number of nitrogens with one attached hydrogen (secondary N) is 2. The van der Waals surface area contributed by atoms with Gasteiger partial charge in [0, 0.05) is 23.4 Å². The molecule has 3 unspecified atom stereocenters. The van der Waals surface area contributed by atoms with Crippen LogP contribution in [-0.4, -0.2) is 28.7 Å². The molecule has 144 valence electrons. The molecule has 2 heterocycles. The number of carbonyl (C=O) groups excluding carboxylic acids is 1. The summed E-state index contributed by atoms with van der Waals surface area (Å²) in [6, 6.07) is 6.43. The van der Waals surface area contributed by atoms with Crippen molar-refractivity contribution in [2.45, 2.75) is 36.6 Å². The average Bonchev–Trinajstić information content (AvgIpc) is 2.58. The second-order valence-electron chi connectivity index (χ2n) is 6.61. The molecule has 27 heavy (non-hydrogen) atoms. The van der Waals surface area contributed by atoms with Gasteiger partial charge in [-0.15, -0.1) is 11.8 Å². The van der Waals surface area contributed by atoms with Crippen molar-refractivity contribution in [1.29, 1.82) is 0 Å². The molecule has 0 spiro atoms. The lowest BCUT2D eigenvalue weighted by atomic mass is 9.93. The highest BCUT2D eigenvalue weighted by molar-refractivity contribution is 7.99. The molecular weight excluding hydrogens is 375 g/mol. The van der Waals surface area contributed by atoms with Crippen molar-refractivity contribution in [2.75, 3.05) is 11.9 Å². The van der Waals surface area contributed by atoms with E-state index < -0.39 is 28.9 Å². The lowest BCUT2D eigenvalue weighted by Gasteiger charge is -2.34. The number of nitrogens with zero attached hydrogens (tertiary/aromatic N) is 1. The van der Waals surface area contributed by atoms with Gasteiger partial charge in [-0.25, -0.2) is 18.2 Å². The third kappa shape index (κ3) is 4.62. The Hall–Kier alpha value is -2.06. The van der Waals surface area contributed by atoms with E-state index in [0.717, 1.165) is 18.0 Å². The van der Waals surface area contributed by atoms with E-state index in [4.69, 9.17) is 0 Å². The maximum atomic E-state index is 13.8. The first-order valence-corrected chi connectivity index (χ1v) is 9.56. The Morgan fingerprint density at radius 3 is 2.63 bits per heavy atom. The van der Waals surface area contributed by atoms with E-state index in [9.17, 15) is 18.0 Å². The van der Waals surface area contributed by atoms with Gasteiger partial charge in [-0.3, -0.25) is 4.79 Å². The minimum Gasteiger partial charge on any atom is -0.314 e. The molecule has 0 bridgehead atoms. The van der Waals surface area contributed by atoms with E-state index in [1.54, 1.807) is 17.8 Å². The molecule has 1 saturated heterocycles. The number of thioether (sulfide) groups is 1. The van der Waals surface area contributed by atoms with Crippen LogP contribution in [0.3, 0.4) is 0 Å². The predicted octanol–water partition coefficient (Wildman–Crippen LogP) is 4.23. The van der Waals surface area contributed by atoms with Gasteiger partial charge in [0.05, 0.1) is 5.03 Å². The molecular formula is C19H20F3N3OS. The number of pyridine rings is 1. The van der Waals surface area contributed by atoms with Crippen LogP contribution in [0.1, 0.15) is 30.6 Å². The molecule has 1 aromatic heterocycles. The number of piperidine rings is 1. The van der Waals surface area contributed by atoms with Gasteiger partial charge in [-0.1, -0.05) is 13.0 Å². The van der Waals surface area contributed by atoms with Crippen LogP contribution in [0.15, 0.2) is 35.4 Å². The molecule has 0 saturated carbocycles. The number of hydrogen-bond donors (Lipinski definition) is 2. The summed E-state index contributed by atoms with van der Waals surface area (Å²) in [4.78, 5) is 16.6. The third-order valence-electron chi connectivity index (χ3n) is 4.74. The Bertz CT molecular complexity index is 826. The van der Waals surface area contributed by atoms with Crippen LogP contribution in [0.4, 0.5) is 19.0 Å². The largest absolute Gasteiger partial charge is 0.314 e. The summed E-state index contributed by atoms with van der Waals surface area (Å²) < 4.78 is 40.5. The lowest BCUT2D eigenvalue weighted by molar-refractivity contribution is 0.101. The highest BCUT2D eigenvalue weighted by Gasteiger charge is 2.28. The number of aromatic nitrogens is 1. The summed E-state index contributed by atoms with van der Waals surface area (Å²) in [5.41, 5.74) is -0.836. The molecule has 0 radical (unpaired) electrons. The predicted molar refractivity (Wildman–Crippen MR) is 99.4 cm³/mol. The molecule has 0 aliphatic carbocycles. The van der Waals surface area contributed by atoms with Gasteiger partial charge in [0.25, 0.3) is 5.91 Å². The normalized spacial score (nSPS) is 22.5. The number of hydrogen-bond acceptors (Lipinski definition) is 4. The Morgan fingerprint density at radius 1 is 1.22 bits per heavy atom. The maximum absolute atomic E-state index is 13.8. The number of benzene rings is 1. The van der Waals surface area contributed by atoms with Crippen LogP contribution in [0.2, 0.25) is 0 Å². The second kappa shape index (κ2) is 8.31. The first kappa shape index (κ1) is 19.7. The van der Waals surface area contributed by atoms with E-state index in [1.165, 1.54) is 6.07 Å². The summed E-state index contributed by atoms with van der Waals surface area (Å²) in [7, 11) is 0. The highest BCUT2D eigenvalue weighted by atomic mass is 32.2. The van der Waals surface area contributed by atoms with Gasteiger partial charge in [0.15, 0.2) is 0 Å². The van der Waals surface area contributed by atoms with Gasteiger partial charge in [0.1, 0.15) is 28.8 Å². The van der Waals surface area contributed by atoms with Crippen molar-refractivity contribution in [3.8, 4) is 0 Å². The van der Waals surface area contributed by atoms with Crippen LogP contribution < -0.4 is 10.6 Å². The van der Waals surface area contributed by atoms with Crippen molar-refractivity contribution in [1.82, 2.24) is 10.3 Å². The van der Waals surface area contributed by atoms with Gasteiger partial charge in [-0.05, 0) is 37.9 Å². The topological polar surface area (TPSA) is 54.0 Å². The fourth-order valence-corrected chi connectivity index (χ4v) is 4.34. The molecule has 3 atom stereocenters. The molecule has 3 rings (SSSR count). The number of carbonyl (C=O) groups is 1. The molecule has 1 aromatic carbocycles. The Morgan fingerprint density at radius 2 is 1.93 bits per heavy atom. The maximum Gasteiger partial charge on any atom is 0.262 e. The van der Waals surface area contributed by atoms with Crippen LogP contribution in [0, 0.1) is 23.4 Å². The van der Waals surface area contributed by atoms with E-state index in [1.807, 2.05) is 6.07 Å². The minimum atomic E-state index is -1.26. The van der Waals surface area contributed by atoms with Crippen molar-refractivity contribution in [3.63, 3.8) is 0 Å². The van der Waals surface area contributed by atoms with Crippen LogP contribution in [0.5, 0.6) is 0 Å². The van der Waals surface area contributed by atoms with E-state index >= 15 is 0 Å². The molecule has 1 aliphatic rings. The minimum absolute atomic E-state index is 0.183. The summed E-state index contributed by atoms with van der Waals surface area (Å²) in [5, 5.41) is 6.91. The number of halogens is 3. The van der Waals surface area contributed by atoms with Crippen molar-refractivity contribution >= 4 is 23.5 Å². The SMILES string of the molecule is CC1NCCC(Sc2cccc(NC(=O)c3c(F)cc(F)cc3F)n2)C1C. The zero-order chi connectivity index (χ0) is 19.6. The van der Waals surface area contributed by atoms with E-state index in [0.29, 0.717) is 29.3 Å². The fraction of sp³-hybridized carbons (Fsp3) is 0.368. The summed E-state index contributed by atoms with van der Waals surface area (Å²) in [5.74, 6) is -3.97. The van der Waals surface area contributed by atoms with Crippen LogP contribution >= 0.6 is 11.8 Å². The van der Waals surface area contributed by atoms with Gasteiger partial charge in [-0.2, -0.15) is 0 Å². The van der Waals surface area contributed by atoms with E-state index in [-0.39, 0.29) is 5.82 Å². The number of anilines is 1. The van der Waals surface area contributed by atoms with Crippen LogP contribution in [-0.2, 0) is 0 Å². The number of rotatable bonds is 4. The molecule has 1 aliphatic heterocycles. The Labute approximate surface area is 160 Å². The average molecular weight is 395 g/mol. The molecule has 1 fully saturated rings. The zero-order valence-corrected chi connectivity index (χ0v) is 15.7. The first-order chi connectivity index (χ1) is 12.8. The standard InChI is InChI=1S/C19H20F3N3OS/c1-10-11(2)23-7-6-15(10)27-17-5-3-4-16(24-17)25-19(26)18-13(21)8-12(20)9-14(18)22/h3-5,8-11,15,23H,6-7H2,1-2H3,(H,24,25,26). The van der Waals surface area contributed by atoms with Gasteiger partial charge >= 0.3 is 0 Å². The number of amides is 1. The smallest absolute Gasteiger partial charge is 0.262 e.